The van der Waals surface area contributed by atoms with Gasteiger partial charge in [-0.15, -0.1) is 0 Å². The van der Waals surface area contributed by atoms with Crippen LogP contribution in [0.15, 0.2) is 30.5 Å². The number of aromatic nitrogens is 1. The molecule has 112 valence electrons. The van der Waals surface area contributed by atoms with E-state index >= 15 is 0 Å². The summed E-state index contributed by atoms with van der Waals surface area (Å²) >= 11 is 0. The summed E-state index contributed by atoms with van der Waals surface area (Å²) in [5, 5.41) is 1.16. The fraction of sp³-hybridized carbons (Fsp3) is 0.471. The number of nitrogens with zero attached hydrogens (tertiary/aromatic N) is 2. The molecular formula is C17H22N2O2. The first-order chi connectivity index (χ1) is 10.3. The zero-order valence-corrected chi connectivity index (χ0v) is 12.7. The third-order valence-electron chi connectivity index (χ3n) is 4.26. The first-order valence-electron chi connectivity index (χ1n) is 7.48. The number of rotatable bonds is 4. The highest BCUT2D eigenvalue weighted by molar-refractivity contribution is 5.83. The summed E-state index contributed by atoms with van der Waals surface area (Å²) in [6.45, 7) is 3.04. The Bertz CT molecular complexity index is 607. The molecule has 0 unspecified atom stereocenters. The maximum Gasteiger partial charge on any atom is 0.121 e. The number of pyridine rings is 1. The van der Waals surface area contributed by atoms with Crippen LogP contribution in [0, 0.1) is 5.92 Å². The molecule has 0 N–H and O–H groups in total. The Hall–Kier alpha value is -1.81. The quantitative estimate of drug-likeness (QED) is 0.865. The summed E-state index contributed by atoms with van der Waals surface area (Å²) in [7, 11) is 3.47. The Morgan fingerprint density at radius 3 is 2.71 bits per heavy atom. The molecule has 1 aromatic heterocycles. The lowest BCUT2D eigenvalue weighted by Gasteiger charge is -2.33. The fourth-order valence-corrected chi connectivity index (χ4v) is 2.98. The molecule has 0 atom stereocenters. The van der Waals surface area contributed by atoms with E-state index in [1.807, 2.05) is 18.3 Å². The minimum Gasteiger partial charge on any atom is -0.497 e. The number of fused-ring (bicyclic) bond motifs is 1. The van der Waals surface area contributed by atoms with E-state index in [4.69, 9.17) is 9.47 Å². The van der Waals surface area contributed by atoms with Crippen molar-refractivity contribution in [2.75, 3.05) is 38.8 Å². The zero-order chi connectivity index (χ0) is 14.7. The standard InChI is InChI=1S/C17H22N2O2/c1-20-12-13-5-7-19(8-6-13)15-9-14-3-4-16(21-2)10-17(14)18-11-15/h3-4,9-11,13H,5-8,12H2,1-2H3. The van der Waals surface area contributed by atoms with Crippen LogP contribution in [0.2, 0.25) is 0 Å². The first kappa shape index (κ1) is 14.1. The third-order valence-corrected chi connectivity index (χ3v) is 4.26. The Kier molecular flexibility index (Phi) is 4.25. The normalized spacial score (nSPS) is 16.4. The second kappa shape index (κ2) is 6.31. The molecule has 3 rings (SSSR count). The first-order valence-corrected chi connectivity index (χ1v) is 7.48. The Morgan fingerprint density at radius 1 is 1.19 bits per heavy atom. The lowest BCUT2D eigenvalue weighted by atomic mass is 9.97. The van der Waals surface area contributed by atoms with Gasteiger partial charge < -0.3 is 14.4 Å². The van der Waals surface area contributed by atoms with Gasteiger partial charge in [0.15, 0.2) is 0 Å². The van der Waals surface area contributed by atoms with E-state index in [0.717, 1.165) is 36.3 Å². The lowest BCUT2D eigenvalue weighted by molar-refractivity contribution is 0.139. The van der Waals surface area contributed by atoms with Gasteiger partial charge in [0.2, 0.25) is 0 Å². The molecule has 4 nitrogen and oxygen atoms in total. The number of methoxy groups -OCH3 is 2. The number of benzene rings is 1. The van der Waals surface area contributed by atoms with E-state index < -0.39 is 0 Å². The van der Waals surface area contributed by atoms with Gasteiger partial charge in [-0.2, -0.15) is 0 Å². The van der Waals surface area contributed by atoms with Crippen molar-refractivity contribution in [3.05, 3.63) is 30.5 Å². The molecule has 1 aromatic carbocycles. The van der Waals surface area contributed by atoms with Crippen LogP contribution in [-0.4, -0.2) is 38.9 Å². The monoisotopic (exact) mass is 286 g/mol. The number of ether oxygens (including phenoxy) is 2. The van der Waals surface area contributed by atoms with E-state index in [-0.39, 0.29) is 0 Å². The van der Waals surface area contributed by atoms with Crippen LogP contribution in [0.1, 0.15) is 12.8 Å². The molecule has 1 aliphatic rings. The van der Waals surface area contributed by atoms with Gasteiger partial charge >= 0.3 is 0 Å². The molecule has 0 aliphatic carbocycles. The van der Waals surface area contributed by atoms with Crippen LogP contribution < -0.4 is 9.64 Å². The molecule has 1 aliphatic heterocycles. The van der Waals surface area contributed by atoms with Gasteiger partial charge in [-0.1, -0.05) is 0 Å². The van der Waals surface area contributed by atoms with Gasteiger partial charge in [0.1, 0.15) is 5.75 Å². The Labute approximate surface area is 125 Å². The topological polar surface area (TPSA) is 34.6 Å². The van der Waals surface area contributed by atoms with E-state index in [2.05, 4.69) is 22.0 Å². The summed E-state index contributed by atoms with van der Waals surface area (Å²) < 4.78 is 10.5. The van der Waals surface area contributed by atoms with E-state index in [1.165, 1.54) is 18.5 Å². The molecule has 4 heteroatoms. The lowest BCUT2D eigenvalue weighted by Crippen LogP contribution is -2.35. The number of piperidine rings is 1. The summed E-state index contributed by atoms with van der Waals surface area (Å²) in [5.41, 5.74) is 2.19. The number of hydrogen-bond donors (Lipinski definition) is 0. The van der Waals surface area contributed by atoms with Gasteiger partial charge in [-0.05, 0) is 37.0 Å². The molecule has 1 fully saturated rings. The van der Waals surface area contributed by atoms with Crippen LogP contribution >= 0.6 is 0 Å². The SMILES string of the molecule is COCC1CCN(c2cnc3cc(OC)ccc3c2)CC1. The zero-order valence-electron chi connectivity index (χ0n) is 12.7. The largest absolute Gasteiger partial charge is 0.497 e. The number of hydrogen-bond acceptors (Lipinski definition) is 4. The van der Waals surface area contributed by atoms with Crippen molar-refractivity contribution >= 4 is 16.6 Å². The summed E-state index contributed by atoms with van der Waals surface area (Å²) in [4.78, 5) is 6.99. The number of anilines is 1. The van der Waals surface area contributed by atoms with Crippen LogP contribution in [0.3, 0.4) is 0 Å². The van der Waals surface area contributed by atoms with Crippen LogP contribution in [-0.2, 0) is 4.74 Å². The van der Waals surface area contributed by atoms with E-state index in [9.17, 15) is 0 Å². The smallest absolute Gasteiger partial charge is 0.121 e. The third kappa shape index (κ3) is 3.10. The van der Waals surface area contributed by atoms with Crippen molar-refractivity contribution in [2.24, 2.45) is 5.92 Å². The van der Waals surface area contributed by atoms with Crippen molar-refractivity contribution in [2.45, 2.75) is 12.8 Å². The van der Waals surface area contributed by atoms with Crippen LogP contribution in [0.5, 0.6) is 5.75 Å². The molecule has 2 aromatic rings. The Balaban J connectivity index is 1.76. The molecule has 0 saturated carbocycles. The highest BCUT2D eigenvalue weighted by Gasteiger charge is 2.19. The maximum atomic E-state index is 5.26. The van der Waals surface area contributed by atoms with Crippen molar-refractivity contribution in [1.29, 1.82) is 0 Å². The molecule has 1 saturated heterocycles. The van der Waals surface area contributed by atoms with Crippen LogP contribution in [0.25, 0.3) is 10.9 Å². The summed E-state index contributed by atoms with van der Waals surface area (Å²) in [5.74, 6) is 1.55. The minimum atomic E-state index is 0.698. The minimum absolute atomic E-state index is 0.698. The second-order valence-corrected chi connectivity index (χ2v) is 5.64. The van der Waals surface area contributed by atoms with E-state index in [1.54, 1.807) is 14.2 Å². The van der Waals surface area contributed by atoms with Gasteiger partial charge in [-0.3, -0.25) is 4.98 Å². The second-order valence-electron chi connectivity index (χ2n) is 5.64. The van der Waals surface area contributed by atoms with Crippen molar-refractivity contribution in [3.8, 4) is 5.75 Å². The highest BCUT2D eigenvalue weighted by atomic mass is 16.5. The Morgan fingerprint density at radius 2 is 2.00 bits per heavy atom. The van der Waals surface area contributed by atoms with Gasteiger partial charge in [0.25, 0.3) is 0 Å². The van der Waals surface area contributed by atoms with Crippen LogP contribution in [0.4, 0.5) is 5.69 Å². The fourth-order valence-electron chi connectivity index (χ4n) is 2.98. The molecule has 21 heavy (non-hydrogen) atoms. The van der Waals surface area contributed by atoms with Crippen molar-refractivity contribution in [1.82, 2.24) is 4.98 Å². The maximum absolute atomic E-state index is 5.26. The van der Waals surface area contributed by atoms with Crippen molar-refractivity contribution < 1.29 is 9.47 Å². The molecule has 0 amide bonds. The van der Waals surface area contributed by atoms with E-state index in [0.29, 0.717) is 5.92 Å². The molecule has 0 bridgehead atoms. The average molecular weight is 286 g/mol. The van der Waals surface area contributed by atoms with Gasteiger partial charge in [0.05, 0.1) is 24.5 Å². The molecule has 2 heterocycles. The molecule has 0 spiro atoms. The van der Waals surface area contributed by atoms with Crippen molar-refractivity contribution in [3.63, 3.8) is 0 Å². The van der Waals surface area contributed by atoms with Gasteiger partial charge in [-0.25, -0.2) is 0 Å². The predicted octanol–water partition coefficient (Wildman–Crippen LogP) is 3.11. The van der Waals surface area contributed by atoms with Gasteiger partial charge in [0, 0.05) is 38.3 Å². The highest BCUT2D eigenvalue weighted by Crippen LogP contribution is 2.27. The molecular weight excluding hydrogens is 264 g/mol. The predicted molar refractivity (Wildman–Crippen MR) is 85.1 cm³/mol. The molecule has 0 radical (unpaired) electrons. The average Bonchev–Trinajstić information content (AvgIpc) is 2.55. The summed E-state index contributed by atoms with van der Waals surface area (Å²) in [6.07, 6.45) is 4.35. The summed E-state index contributed by atoms with van der Waals surface area (Å²) in [6, 6.07) is 8.25.